The Morgan fingerprint density at radius 3 is 2.71 bits per heavy atom. The van der Waals surface area contributed by atoms with Gasteiger partial charge in [0.05, 0.1) is 27.0 Å². The summed E-state index contributed by atoms with van der Waals surface area (Å²) < 4.78 is 5.96. The summed E-state index contributed by atoms with van der Waals surface area (Å²) in [7, 11) is 0. The number of aliphatic carboxylic acids is 1. The van der Waals surface area contributed by atoms with Crippen molar-refractivity contribution in [3.05, 3.63) is 51.0 Å². The average molecular weight is 455 g/mol. The van der Waals surface area contributed by atoms with Crippen molar-refractivity contribution in [2.75, 3.05) is 0 Å². The van der Waals surface area contributed by atoms with Gasteiger partial charge in [-0.25, -0.2) is 0 Å². The molecule has 0 radical (unpaired) electrons. The fourth-order valence-electron chi connectivity index (χ4n) is 2.74. The van der Waals surface area contributed by atoms with Crippen molar-refractivity contribution in [2.24, 2.45) is 0 Å². The Hall–Kier alpha value is -1.80. The normalized spacial score (nSPS) is 16.8. The zero-order valence-corrected chi connectivity index (χ0v) is 17.8. The van der Waals surface area contributed by atoms with E-state index in [1.54, 1.807) is 36.4 Å². The Morgan fingerprint density at radius 2 is 2.07 bits per heavy atom. The Balaban J connectivity index is 1.85. The monoisotopic (exact) mass is 454 g/mol. The third kappa shape index (κ3) is 4.27. The smallest absolute Gasteiger partial charge is 0.266 e. The van der Waals surface area contributed by atoms with E-state index in [9.17, 15) is 14.7 Å². The van der Waals surface area contributed by atoms with Gasteiger partial charge >= 0.3 is 0 Å². The number of halogens is 2. The van der Waals surface area contributed by atoms with E-state index in [1.165, 1.54) is 0 Å². The zero-order valence-electron chi connectivity index (χ0n) is 14.6. The Kier molecular flexibility index (Phi) is 6.50. The van der Waals surface area contributed by atoms with Gasteiger partial charge in [0.15, 0.2) is 0 Å². The first-order valence-corrected chi connectivity index (χ1v) is 10.3. The Labute approximate surface area is 181 Å². The summed E-state index contributed by atoms with van der Waals surface area (Å²) in [5, 5.41) is 12.3. The number of rotatable bonds is 6. The van der Waals surface area contributed by atoms with Crippen LogP contribution < -0.4 is 5.11 Å². The second-order valence-electron chi connectivity index (χ2n) is 6.01. The summed E-state index contributed by atoms with van der Waals surface area (Å²) in [5.74, 6) is -0.801. The van der Waals surface area contributed by atoms with E-state index < -0.39 is 17.9 Å². The van der Waals surface area contributed by atoms with Crippen LogP contribution in [0.2, 0.25) is 10.0 Å². The number of hydrogen-bond donors (Lipinski definition) is 0. The SMILES string of the molecule is CCC[C@@H](C(=O)[O-])N1C(=O)/C(=C\c2ccc(-c3ccc(Cl)c(Cl)c3)o2)SC1=S. The molecule has 1 saturated heterocycles. The minimum Gasteiger partial charge on any atom is -0.548 e. The number of thiocarbonyl (C=S) groups is 1. The lowest BCUT2D eigenvalue weighted by molar-refractivity contribution is -0.310. The molecule has 1 amide bonds. The van der Waals surface area contributed by atoms with Gasteiger partial charge in [0.25, 0.3) is 5.91 Å². The van der Waals surface area contributed by atoms with Crippen molar-refractivity contribution in [3.63, 3.8) is 0 Å². The molecule has 1 atom stereocenters. The largest absolute Gasteiger partial charge is 0.548 e. The summed E-state index contributed by atoms with van der Waals surface area (Å²) in [5.41, 5.74) is 0.738. The lowest BCUT2D eigenvalue weighted by Crippen LogP contribution is -2.49. The lowest BCUT2D eigenvalue weighted by Gasteiger charge is -2.27. The average Bonchev–Trinajstić information content (AvgIpc) is 3.21. The van der Waals surface area contributed by atoms with Gasteiger partial charge in [0.1, 0.15) is 15.8 Å². The molecule has 2 heterocycles. The predicted octanol–water partition coefficient (Wildman–Crippen LogP) is 4.37. The second-order valence-corrected chi connectivity index (χ2v) is 8.50. The van der Waals surface area contributed by atoms with E-state index in [2.05, 4.69) is 0 Å². The predicted molar refractivity (Wildman–Crippen MR) is 113 cm³/mol. The van der Waals surface area contributed by atoms with Gasteiger partial charge < -0.3 is 14.3 Å². The highest BCUT2D eigenvalue weighted by Crippen LogP contribution is 2.36. The summed E-state index contributed by atoms with van der Waals surface area (Å²) in [6.45, 7) is 1.83. The van der Waals surface area contributed by atoms with E-state index in [-0.39, 0.29) is 10.7 Å². The summed E-state index contributed by atoms with van der Waals surface area (Å²) in [4.78, 5) is 25.5. The minimum absolute atomic E-state index is 0.190. The molecule has 28 heavy (non-hydrogen) atoms. The molecule has 1 fully saturated rings. The summed E-state index contributed by atoms with van der Waals surface area (Å²) in [6.07, 6.45) is 2.39. The lowest BCUT2D eigenvalue weighted by atomic mass is 10.1. The maximum Gasteiger partial charge on any atom is 0.266 e. The molecule has 1 aliphatic rings. The van der Waals surface area contributed by atoms with Crippen LogP contribution in [0.25, 0.3) is 17.4 Å². The number of hydrogen-bond acceptors (Lipinski definition) is 6. The van der Waals surface area contributed by atoms with E-state index in [1.807, 2.05) is 6.92 Å². The van der Waals surface area contributed by atoms with E-state index in [0.717, 1.165) is 22.2 Å². The van der Waals surface area contributed by atoms with Crippen LogP contribution in [0.1, 0.15) is 25.5 Å². The number of furan rings is 1. The molecule has 0 N–H and O–H groups in total. The highest BCUT2D eigenvalue weighted by molar-refractivity contribution is 8.26. The van der Waals surface area contributed by atoms with Gasteiger partial charge in [0.2, 0.25) is 0 Å². The topological polar surface area (TPSA) is 73.6 Å². The van der Waals surface area contributed by atoms with Crippen LogP contribution in [0.15, 0.2) is 39.7 Å². The zero-order chi connectivity index (χ0) is 20.4. The number of benzene rings is 1. The van der Waals surface area contributed by atoms with Crippen molar-refractivity contribution in [3.8, 4) is 11.3 Å². The van der Waals surface area contributed by atoms with Crippen LogP contribution in [0.5, 0.6) is 0 Å². The summed E-state index contributed by atoms with van der Waals surface area (Å²) in [6, 6.07) is 7.49. The highest BCUT2D eigenvalue weighted by Gasteiger charge is 2.37. The van der Waals surface area contributed by atoms with Gasteiger partial charge in [0, 0.05) is 11.6 Å². The molecular weight excluding hydrogens is 441 g/mol. The van der Waals surface area contributed by atoms with Crippen LogP contribution in [0.4, 0.5) is 0 Å². The second kappa shape index (κ2) is 8.69. The van der Waals surface area contributed by atoms with Crippen LogP contribution in [-0.2, 0) is 9.59 Å². The number of amides is 1. The number of carboxylic acid groups (broad SMARTS) is 1. The molecule has 0 saturated carbocycles. The minimum atomic E-state index is -1.32. The third-order valence-corrected chi connectivity index (χ3v) is 6.14. The first-order valence-electron chi connectivity index (χ1n) is 8.35. The molecule has 1 aliphatic heterocycles. The molecule has 2 aromatic rings. The Morgan fingerprint density at radius 1 is 1.32 bits per heavy atom. The molecule has 1 aromatic carbocycles. The highest BCUT2D eigenvalue weighted by atomic mass is 35.5. The molecule has 0 unspecified atom stereocenters. The molecule has 146 valence electrons. The first-order chi connectivity index (χ1) is 13.3. The quantitative estimate of drug-likeness (QED) is 0.476. The van der Waals surface area contributed by atoms with Gasteiger partial charge in [-0.1, -0.05) is 60.5 Å². The van der Waals surface area contributed by atoms with E-state index >= 15 is 0 Å². The van der Waals surface area contributed by atoms with Crippen LogP contribution in [-0.4, -0.2) is 27.1 Å². The van der Waals surface area contributed by atoms with Gasteiger partial charge in [-0.3, -0.25) is 9.69 Å². The number of nitrogens with zero attached hydrogens (tertiary/aromatic N) is 1. The molecule has 5 nitrogen and oxygen atoms in total. The van der Waals surface area contributed by atoms with Crippen molar-refractivity contribution < 1.29 is 19.1 Å². The molecule has 0 bridgehead atoms. The fraction of sp³-hybridized carbons (Fsp3) is 0.211. The van der Waals surface area contributed by atoms with Gasteiger partial charge in [-0.2, -0.15) is 0 Å². The van der Waals surface area contributed by atoms with Crippen LogP contribution in [0, 0.1) is 0 Å². The van der Waals surface area contributed by atoms with Crippen molar-refractivity contribution in [1.82, 2.24) is 4.90 Å². The van der Waals surface area contributed by atoms with Gasteiger partial charge in [-0.15, -0.1) is 0 Å². The summed E-state index contributed by atoms with van der Waals surface area (Å²) >= 11 is 18.2. The first kappa shape index (κ1) is 20.9. The van der Waals surface area contributed by atoms with Gasteiger partial charge in [-0.05, 0) is 36.8 Å². The molecule has 0 aliphatic carbocycles. The third-order valence-electron chi connectivity index (χ3n) is 4.07. The number of carbonyl (C=O) groups excluding carboxylic acids is 2. The molecular formula is C19H14Cl2NO4S2-. The van der Waals surface area contributed by atoms with E-state index in [0.29, 0.717) is 32.9 Å². The standard InChI is InChI=1S/C19H15Cl2NO4S2/c1-2-3-14(18(24)25)22-17(23)16(28-19(22)27)9-11-5-7-15(26-11)10-4-6-12(20)13(21)8-10/h4-9,14H,2-3H2,1H3,(H,24,25)/p-1/b16-9+/t14-/m0/s1. The molecule has 3 rings (SSSR count). The van der Waals surface area contributed by atoms with E-state index in [4.69, 9.17) is 39.8 Å². The number of thioether (sulfide) groups is 1. The maximum absolute atomic E-state index is 12.7. The molecule has 0 spiro atoms. The maximum atomic E-state index is 12.7. The Bertz CT molecular complexity index is 986. The number of carboxylic acids is 1. The molecule has 1 aromatic heterocycles. The van der Waals surface area contributed by atoms with Crippen molar-refractivity contribution in [2.45, 2.75) is 25.8 Å². The fourth-order valence-corrected chi connectivity index (χ4v) is 4.37. The van der Waals surface area contributed by atoms with Crippen LogP contribution >= 0.6 is 47.2 Å². The molecule has 9 heteroatoms. The van der Waals surface area contributed by atoms with Crippen LogP contribution in [0.3, 0.4) is 0 Å². The van der Waals surface area contributed by atoms with Crippen molar-refractivity contribution in [1.29, 1.82) is 0 Å². The number of carbonyl (C=O) groups is 2. The van der Waals surface area contributed by atoms with Crippen molar-refractivity contribution >= 4 is 69.5 Å².